The molecule has 0 atom stereocenters. The van der Waals surface area contributed by atoms with Crippen LogP contribution in [-0.2, 0) is 9.53 Å². The number of anilines is 1. The fourth-order valence-electron chi connectivity index (χ4n) is 4.50. The monoisotopic (exact) mass is 530 g/mol. The summed E-state index contributed by atoms with van der Waals surface area (Å²) in [6.07, 6.45) is 6.68. The quantitative estimate of drug-likeness (QED) is 0.285. The summed E-state index contributed by atoms with van der Waals surface area (Å²) in [5, 5.41) is 6.01. The van der Waals surface area contributed by atoms with Crippen LogP contribution in [0.25, 0.3) is 5.52 Å². The maximum atomic E-state index is 13.3. The van der Waals surface area contributed by atoms with Gasteiger partial charge in [-0.05, 0) is 80.2 Å². The van der Waals surface area contributed by atoms with Crippen LogP contribution in [0.2, 0.25) is 0 Å². The van der Waals surface area contributed by atoms with E-state index in [0.29, 0.717) is 17.2 Å². The minimum absolute atomic E-state index is 0.170. The number of hydrogen-bond donors (Lipinski definition) is 2. The molecule has 2 aromatic rings. The van der Waals surface area contributed by atoms with E-state index in [1.54, 1.807) is 0 Å². The molecular weight excluding hydrogens is 496 g/mol. The maximum absolute atomic E-state index is 13.3. The lowest BCUT2D eigenvalue weighted by atomic mass is 10.0. The fourth-order valence-corrected chi connectivity index (χ4v) is 4.94. The van der Waals surface area contributed by atoms with Gasteiger partial charge in [0.15, 0.2) is 0 Å². The van der Waals surface area contributed by atoms with Crippen molar-refractivity contribution in [3.05, 3.63) is 56.8 Å². The van der Waals surface area contributed by atoms with Gasteiger partial charge in [-0.25, -0.2) is 0 Å². The molecule has 1 saturated heterocycles. The molecule has 1 aliphatic heterocycles. The first-order valence-electron chi connectivity index (χ1n) is 11.7. The molecule has 2 aromatic heterocycles. The minimum atomic E-state index is -0.192. The first-order valence-corrected chi connectivity index (χ1v) is 12.5. The number of carbonyl (C=O) groups is 2. The first kappa shape index (κ1) is 26.0. The summed E-state index contributed by atoms with van der Waals surface area (Å²) < 4.78 is 8.70. The van der Waals surface area contributed by atoms with Gasteiger partial charge in [0.1, 0.15) is 12.1 Å². The summed E-state index contributed by atoms with van der Waals surface area (Å²) in [7, 11) is 1.83. The zero-order valence-corrected chi connectivity index (χ0v) is 22.3. The van der Waals surface area contributed by atoms with Crippen molar-refractivity contribution in [1.82, 2.24) is 15.0 Å². The molecule has 1 fully saturated rings. The predicted octanol–water partition coefficient (Wildman–Crippen LogP) is 4.38. The van der Waals surface area contributed by atoms with Gasteiger partial charge in [0, 0.05) is 78.0 Å². The fraction of sp³-hybridized carbons (Fsp3) is 0.462. The Balaban J connectivity index is 1.98. The molecular formula is C26H35BrN4O3. The summed E-state index contributed by atoms with van der Waals surface area (Å²) >= 11 is 3.60. The van der Waals surface area contributed by atoms with Gasteiger partial charge in [-0.15, -0.1) is 0 Å². The van der Waals surface area contributed by atoms with Crippen molar-refractivity contribution in [3.63, 3.8) is 0 Å². The van der Waals surface area contributed by atoms with E-state index in [9.17, 15) is 9.59 Å². The molecule has 34 heavy (non-hydrogen) atoms. The number of ether oxygens (including phenoxy) is 1. The van der Waals surface area contributed by atoms with Crippen LogP contribution < -0.4 is 15.5 Å². The van der Waals surface area contributed by atoms with Crippen molar-refractivity contribution in [3.8, 4) is 0 Å². The van der Waals surface area contributed by atoms with Crippen molar-refractivity contribution in [1.29, 1.82) is 0 Å². The van der Waals surface area contributed by atoms with Gasteiger partial charge in [0.05, 0.1) is 0 Å². The zero-order valence-electron chi connectivity index (χ0n) is 20.7. The number of carbonyl (C=O) groups excluding carboxylic acids is 2. The average molecular weight is 531 g/mol. The second-order valence-corrected chi connectivity index (χ2v) is 9.59. The second-order valence-electron chi connectivity index (χ2n) is 8.68. The Morgan fingerprint density at radius 2 is 2.00 bits per heavy atom. The first-order chi connectivity index (χ1) is 16.3. The van der Waals surface area contributed by atoms with Gasteiger partial charge in [-0.1, -0.05) is 0 Å². The number of rotatable bonds is 9. The highest BCUT2D eigenvalue weighted by molar-refractivity contribution is 9.10. The number of nitrogens with one attached hydrogen (secondary N) is 2. The van der Waals surface area contributed by atoms with Crippen molar-refractivity contribution in [2.24, 2.45) is 0 Å². The van der Waals surface area contributed by atoms with Gasteiger partial charge < -0.3 is 24.7 Å². The van der Waals surface area contributed by atoms with Gasteiger partial charge >= 0.3 is 0 Å². The smallest absolute Gasteiger partial charge is 0.252 e. The summed E-state index contributed by atoms with van der Waals surface area (Å²) in [4.78, 5) is 27.4. The summed E-state index contributed by atoms with van der Waals surface area (Å²) in [6, 6.07) is 4.29. The number of pyridine rings is 1. The number of hydrogen-bond acceptors (Lipinski definition) is 5. The molecule has 3 rings (SSSR count). The lowest BCUT2D eigenvalue weighted by Crippen LogP contribution is -2.41. The molecule has 1 amide bonds. The Kier molecular flexibility index (Phi) is 8.97. The van der Waals surface area contributed by atoms with Crippen LogP contribution in [0.15, 0.2) is 45.7 Å². The molecule has 2 N–H and O–H groups in total. The Bertz CT molecular complexity index is 1110. The standard InChI is InChI=1S/C26H35BrN4O3/c1-6-30(22-7-9-34-10-8-22)26-19(4)24(13-23-12-21(27)15-31(23)26)25(33)29-14-20(16-32)17(2)11-18(3)28-5/h11-13,15-16,22,28H,6-10,14H2,1-5H3,(H,29,33)/b18-11-,20-17-. The molecule has 8 heteroatoms. The Hall–Kier alpha value is -2.58. The maximum Gasteiger partial charge on any atom is 0.252 e. The highest BCUT2D eigenvalue weighted by Gasteiger charge is 2.26. The van der Waals surface area contributed by atoms with Crippen molar-refractivity contribution >= 4 is 39.5 Å². The number of aldehydes is 1. The van der Waals surface area contributed by atoms with Gasteiger partial charge in [0.25, 0.3) is 5.91 Å². The van der Waals surface area contributed by atoms with Crippen LogP contribution in [0.4, 0.5) is 5.82 Å². The second kappa shape index (κ2) is 11.7. The average Bonchev–Trinajstić information content (AvgIpc) is 3.21. The zero-order chi connectivity index (χ0) is 24.8. The van der Waals surface area contributed by atoms with E-state index < -0.39 is 0 Å². The molecule has 184 valence electrons. The molecule has 0 aromatic carbocycles. The highest BCUT2D eigenvalue weighted by Crippen LogP contribution is 2.32. The molecule has 3 heterocycles. The lowest BCUT2D eigenvalue weighted by Gasteiger charge is -2.37. The molecule has 0 saturated carbocycles. The summed E-state index contributed by atoms with van der Waals surface area (Å²) in [5.41, 5.74) is 4.79. The van der Waals surface area contributed by atoms with Crippen LogP contribution in [-0.4, -0.2) is 56.0 Å². The van der Waals surface area contributed by atoms with Gasteiger partial charge in [-0.3, -0.25) is 9.59 Å². The van der Waals surface area contributed by atoms with Crippen molar-refractivity contribution in [2.45, 2.75) is 46.6 Å². The lowest BCUT2D eigenvalue weighted by molar-refractivity contribution is -0.105. The third-order valence-electron chi connectivity index (χ3n) is 6.48. The van der Waals surface area contributed by atoms with Gasteiger partial charge in [-0.2, -0.15) is 0 Å². The van der Waals surface area contributed by atoms with E-state index in [-0.39, 0.29) is 12.5 Å². The van der Waals surface area contributed by atoms with Gasteiger partial charge in [0.2, 0.25) is 0 Å². The molecule has 0 bridgehead atoms. The SMILES string of the molecule is CCN(c1c(C)c(C(=O)NC/C(C=O)=C(C)/C=C(/C)NC)cc2cc(Br)cn12)C1CCOCC1. The number of nitrogens with zero attached hydrogens (tertiary/aromatic N) is 2. The largest absolute Gasteiger partial charge is 0.392 e. The Labute approximate surface area is 210 Å². The predicted molar refractivity (Wildman–Crippen MR) is 141 cm³/mol. The van der Waals surface area contributed by atoms with E-state index in [4.69, 9.17) is 4.74 Å². The minimum Gasteiger partial charge on any atom is -0.392 e. The number of fused-ring (bicyclic) bond motifs is 1. The third kappa shape index (κ3) is 5.73. The van der Waals surface area contributed by atoms with E-state index in [2.05, 4.69) is 42.8 Å². The number of halogens is 1. The summed E-state index contributed by atoms with van der Waals surface area (Å²) in [5.74, 6) is 0.834. The molecule has 0 radical (unpaired) electrons. The van der Waals surface area contributed by atoms with E-state index in [1.807, 2.05) is 52.2 Å². The molecule has 7 nitrogen and oxygen atoms in total. The normalized spacial score (nSPS) is 15.8. The summed E-state index contributed by atoms with van der Waals surface area (Å²) in [6.45, 7) is 10.5. The molecule has 0 spiro atoms. The van der Waals surface area contributed by atoms with E-state index >= 15 is 0 Å². The van der Waals surface area contributed by atoms with Crippen LogP contribution in [0.3, 0.4) is 0 Å². The number of amides is 1. The Morgan fingerprint density at radius 3 is 2.62 bits per heavy atom. The van der Waals surface area contributed by atoms with E-state index in [1.165, 1.54) is 0 Å². The Morgan fingerprint density at radius 1 is 1.29 bits per heavy atom. The molecule has 0 aliphatic carbocycles. The van der Waals surface area contributed by atoms with Crippen LogP contribution in [0.5, 0.6) is 0 Å². The van der Waals surface area contributed by atoms with Crippen LogP contribution >= 0.6 is 15.9 Å². The van der Waals surface area contributed by atoms with Crippen LogP contribution in [0, 0.1) is 6.92 Å². The third-order valence-corrected chi connectivity index (χ3v) is 6.91. The molecule has 1 aliphatic rings. The van der Waals surface area contributed by atoms with Crippen LogP contribution in [0.1, 0.15) is 49.5 Å². The van der Waals surface area contributed by atoms with E-state index in [0.717, 1.165) is 71.5 Å². The number of allylic oxidation sites excluding steroid dienone is 3. The topological polar surface area (TPSA) is 75.1 Å². The van der Waals surface area contributed by atoms with Crippen molar-refractivity contribution < 1.29 is 14.3 Å². The highest BCUT2D eigenvalue weighted by atomic mass is 79.9. The van der Waals surface area contributed by atoms with Crippen molar-refractivity contribution in [2.75, 3.05) is 38.3 Å². The number of aromatic nitrogens is 1. The molecule has 0 unspecified atom stereocenters.